The molecule has 5 aliphatic rings. The Morgan fingerprint density at radius 2 is 1.77 bits per heavy atom. The van der Waals surface area contributed by atoms with Crippen LogP contribution in [0.25, 0.3) is 0 Å². The molecule has 4 unspecified atom stereocenters. The number of hydrogen-bond acceptors (Lipinski definition) is 3. The lowest BCUT2D eigenvalue weighted by Crippen LogP contribution is -2.53. The topological polar surface area (TPSA) is 35.5 Å². The van der Waals surface area contributed by atoms with Crippen molar-refractivity contribution in [3.63, 3.8) is 0 Å². The lowest BCUT2D eigenvalue weighted by atomic mass is 9.54. The van der Waals surface area contributed by atoms with Crippen LogP contribution < -0.4 is 0 Å². The van der Waals surface area contributed by atoms with E-state index in [-0.39, 0.29) is 16.6 Å². The van der Waals surface area contributed by atoms with Crippen molar-refractivity contribution in [1.29, 1.82) is 0 Å². The maximum Gasteiger partial charge on any atom is 0.168 e. The summed E-state index contributed by atoms with van der Waals surface area (Å²) in [6.45, 7) is 8.33. The summed E-state index contributed by atoms with van der Waals surface area (Å²) < 4.78 is 12.6. The number of ketones is 1. The van der Waals surface area contributed by atoms with Gasteiger partial charge in [-0.1, -0.05) is 32.4 Å². The van der Waals surface area contributed by atoms with E-state index in [0.29, 0.717) is 29.5 Å². The van der Waals surface area contributed by atoms with E-state index in [0.717, 1.165) is 45.3 Å². The van der Waals surface area contributed by atoms with Crippen molar-refractivity contribution < 1.29 is 14.3 Å². The average Bonchev–Trinajstić information content (AvgIpc) is 2.93. The first-order valence-corrected chi connectivity index (χ1v) is 10.8. The van der Waals surface area contributed by atoms with Crippen molar-refractivity contribution in [3.05, 3.63) is 11.6 Å². The number of hydrogen-bond donors (Lipinski definition) is 0. The van der Waals surface area contributed by atoms with Gasteiger partial charge < -0.3 is 9.47 Å². The second-order valence-corrected chi connectivity index (χ2v) is 10.8. The first-order chi connectivity index (χ1) is 12.3. The highest BCUT2D eigenvalue weighted by Gasteiger charge is 2.56. The number of carbonyl (C=O) groups excluding carboxylic acids is 1. The highest BCUT2D eigenvalue weighted by molar-refractivity contribution is 5.87. The molecule has 3 saturated carbocycles. The Balaban J connectivity index is 1.35. The van der Waals surface area contributed by atoms with Crippen molar-refractivity contribution in [3.8, 4) is 0 Å². The maximum atomic E-state index is 12.5. The van der Waals surface area contributed by atoms with Crippen LogP contribution in [0.3, 0.4) is 0 Å². The van der Waals surface area contributed by atoms with Crippen LogP contribution in [-0.2, 0) is 14.3 Å². The molecule has 3 heteroatoms. The molecule has 4 fully saturated rings. The minimum absolute atomic E-state index is 0.0575. The number of ether oxygens (including phenoxy) is 2. The molecule has 0 bridgehead atoms. The summed E-state index contributed by atoms with van der Waals surface area (Å²) in [5, 5.41) is 0. The zero-order valence-electron chi connectivity index (χ0n) is 16.7. The maximum absolute atomic E-state index is 12.5. The van der Waals surface area contributed by atoms with Gasteiger partial charge in [0.25, 0.3) is 0 Å². The quantitative estimate of drug-likeness (QED) is 0.578. The van der Waals surface area contributed by atoms with Crippen LogP contribution in [0.1, 0.15) is 72.1 Å². The SMILES string of the molecule is CC1(C)COC2(CCC3C4=CC[C@]5(C)C(=O)CCC5C4CCC3C2)OC1. The van der Waals surface area contributed by atoms with Gasteiger partial charge in [-0.3, -0.25) is 4.79 Å². The van der Waals surface area contributed by atoms with E-state index < -0.39 is 0 Å². The van der Waals surface area contributed by atoms with Gasteiger partial charge in [-0.05, 0) is 55.8 Å². The van der Waals surface area contributed by atoms with Crippen molar-refractivity contribution in [1.82, 2.24) is 0 Å². The Labute approximate surface area is 157 Å². The third kappa shape index (κ3) is 2.49. The van der Waals surface area contributed by atoms with E-state index in [1.807, 2.05) is 0 Å². The molecule has 0 N–H and O–H groups in total. The molecule has 0 aromatic carbocycles. The van der Waals surface area contributed by atoms with Crippen LogP contribution in [0.5, 0.6) is 0 Å². The predicted octanol–water partition coefficient (Wildman–Crippen LogP) is 4.90. The summed E-state index contributed by atoms with van der Waals surface area (Å²) in [5.41, 5.74) is 1.80. The van der Waals surface area contributed by atoms with Crippen LogP contribution in [-0.4, -0.2) is 24.8 Å². The van der Waals surface area contributed by atoms with E-state index in [4.69, 9.17) is 9.47 Å². The van der Waals surface area contributed by atoms with E-state index >= 15 is 0 Å². The summed E-state index contributed by atoms with van der Waals surface area (Å²) in [5.74, 6) is 2.90. The second-order valence-electron chi connectivity index (χ2n) is 10.8. The molecule has 144 valence electrons. The van der Waals surface area contributed by atoms with Gasteiger partial charge in [0.05, 0.1) is 13.2 Å². The minimum Gasteiger partial charge on any atom is -0.349 e. The predicted molar refractivity (Wildman–Crippen MR) is 101 cm³/mol. The number of carbonyl (C=O) groups is 1. The molecule has 3 nitrogen and oxygen atoms in total. The van der Waals surface area contributed by atoms with E-state index in [1.165, 1.54) is 19.3 Å². The molecule has 4 aliphatic carbocycles. The summed E-state index contributed by atoms with van der Waals surface area (Å²) in [6, 6.07) is 0. The van der Waals surface area contributed by atoms with Crippen molar-refractivity contribution in [2.24, 2.45) is 34.5 Å². The molecule has 5 atom stereocenters. The molecular formula is C23H34O3. The Kier molecular flexibility index (Phi) is 3.80. The molecule has 0 aromatic heterocycles. The zero-order valence-corrected chi connectivity index (χ0v) is 16.7. The smallest absolute Gasteiger partial charge is 0.168 e. The van der Waals surface area contributed by atoms with Gasteiger partial charge in [0.2, 0.25) is 0 Å². The van der Waals surface area contributed by atoms with Crippen molar-refractivity contribution in [2.45, 2.75) is 77.9 Å². The monoisotopic (exact) mass is 358 g/mol. The minimum atomic E-state index is -0.309. The Bertz CT molecular complexity index is 638. The van der Waals surface area contributed by atoms with Gasteiger partial charge in [-0.2, -0.15) is 0 Å². The molecule has 0 radical (unpaired) electrons. The molecule has 1 saturated heterocycles. The van der Waals surface area contributed by atoms with Gasteiger partial charge in [-0.25, -0.2) is 0 Å². The fourth-order valence-electron chi connectivity index (χ4n) is 6.91. The third-order valence-corrected chi connectivity index (χ3v) is 8.52. The standard InChI is InChI=1S/C23H34O3/c1-21(2)13-25-23(26-14-21)11-9-16-15(12-23)4-5-18-17(16)8-10-22(3)19(18)6-7-20(22)24/h8,15-16,18-19H,4-7,9-14H2,1-3H3/t15?,16?,18?,19?,22-/m0/s1. The van der Waals surface area contributed by atoms with Crippen LogP contribution in [0.4, 0.5) is 0 Å². The number of allylic oxidation sites excluding steroid dienone is 2. The van der Waals surface area contributed by atoms with Gasteiger partial charge in [0.1, 0.15) is 5.78 Å². The molecule has 0 amide bonds. The first-order valence-electron chi connectivity index (χ1n) is 10.8. The van der Waals surface area contributed by atoms with Crippen LogP contribution in [0.15, 0.2) is 11.6 Å². The highest BCUT2D eigenvalue weighted by atomic mass is 16.7. The molecule has 26 heavy (non-hydrogen) atoms. The van der Waals surface area contributed by atoms with Crippen molar-refractivity contribution >= 4 is 5.78 Å². The average molecular weight is 359 g/mol. The molecule has 1 spiro atoms. The highest BCUT2D eigenvalue weighted by Crippen LogP contribution is 2.60. The fourth-order valence-corrected chi connectivity index (χ4v) is 6.91. The lowest BCUT2D eigenvalue weighted by Gasteiger charge is -2.54. The molecule has 1 heterocycles. The number of Topliss-reactive ketones (excluding diaryl/α,β-unsaturated/α-hetero) is 1. The van der Waals surface area contributed by atoms with Gasteiger partial charge in [0, 0.05) is 30.1 Å². The summed E-state index contributed by atoms with van der Waals surface area (Å²) >= 11 is 0. The normalized spacial score (nSPS) is 46.3. The van der Waals surface area contributed by atoms with E-state index in [1.54, 1.807) is 5.57 Å². The molecule has 5 rings (SSSR count). The van der Waals surface area contributed by atoms with Crippen LogP contribution in [0.2, 0.25) is 0 Å². The zero-order chi connectivity index (χ0) is 18.2. The summed E-state index contributed by atoms with van der Waals surface area (Å²) in [4.78, 5) is 12.5. The lowest BCUT2D eigenvalue weighted by molar-refractivity contribution is -0.318. The molecule has 0 aromatic rings. The fraction of sp³-hybridized carbons (Fsp3) is 0.870. The second kappa shape index (κ2) is 5.67. The first kappa shape index (κ1) is 17.4. The van der Waals surface area contributed by atoms with Crippen LogP contribution in [0, 0.1) is 34.5 Å². The third-order valence-electron chi connectivity index (χ3n) is 8.52. The summed E-state index contributed by atoms with van der Waals surface area (Å²) in [7, 11) is 0. The Morgan fingerprint density at radius 1 is 1.00 bits per heavy atom. The molecular weight excluding hydrogens is 324 g/mol. The van der Waals surface area contributed by atoms with E-state index in [9.17, 15) is 4.79 Å². The number of fused-ring (bicyclic) bond motifs is 5. The van der Waals surface area contributed by atoms with Gasteiger partial charge >= 0.3 is 0 Å². The molecule has 1 aliphatic heterocycles. The number of rotatable bonds is 0. The van der Waals surface area contributed by atoms with Crippen molar-refractivity contribution in [2.75, 3.05) is 13.2 Å². The van der Waals surface area contributed by atoms with Crippen LogP contribution >= 0.6 is 0 Å². The van der Waals surface area contributed by atoms with Gasteiger partial charge in [0.15, 0.2) is 5.79 Å². The Morgan fingerprint density at radius 3 is 2.54 bits per heavy atom. The Hall–Kier alpha value is -0.670. The van der Waals surface area contributed by atoms with Gasteiger partial charge in [-0.15, -0.1) is 0 Å². The van der Waals surface area contributed by atoms with E-state index in [2.05, 4.69) is 26.8 Å². The summed E-state index contributed by atoms with van der Waals surface area (Å²) in [6.07, 6.45) is 11.3. The largest absolute Gasteiger partial charge is 0.349 e.